The minimum Gasteiger partial charge on any atom is -0.331 e. The highest BCUT2D eigenvalue weighted by Gasteiger charge is 2.34. The molecule has 3 aromatic rings. The number of rotatable bonds is 7. The zero-order chi connectivity index (χ0) is 23.0. The maximum atomic E-state index is 13.8. The number of hydrogen-bond donors (Lipinski definition) is 1. The van der Waals surface area contributed by atoms with Crippen molar-refractivity contribution < 1.29 is 4.79 Å². The monoisotopic (exact) mass is 434 g/mol. The lowest BCUT2D eigenvalue weighted by Gasteiger charge is -2.24. The third kappa shape index (κ3) is 4.38. The van der Waals surface area contributed by atoms with Gasteiger partial charge in [-0.25, -0.2) is 9.78 Å². The molecule has 7 heteroatoms. The Kier molecular flexibility index (Phi) is 6.00. The number of aromatic nitrogens is 3. The van der Waals surface area contributed by atoms with Crippen LogP contribution < -0.4 is 11.2 Å². The number of nitrogens with zero attached hydrogens (tertiary/aromatic N) is 3. The summed E-state index contributed by atoms with van der Waals surface area (Å²) >= 11 is 0. The second-order valence-corrected chi connectivity index (χ2v) is 9.36. The van der Waals surface area contributed by atoms with Gasteiger partial charge in [0.25, 0.3) is 11.5 Å². The highest BCUT2D eigenvalue weighted by Crippen LogP contribution is 2.31. The standard InChI is InChI=1S/C25H30N4O3/c1-15(2)13-29-22-21(23(30)27-25(29)32)19(12-20(26-22)16(3)4)24(31)28(18-10-11-18)14-17-8-6-5-7-9-17/h5-9,12,15-16,18H,10-11,13-14H2,1-4H3,(H,27,30,32). The van der Waals surface area contributed by atoms with Crippen LogP contribution in [0.5, 0.6) is 0 Å². The first-order valence-corrected chi connectivity index (χ1v) is 11.3. The number of aromatic amines is 1. The summed E-state index contributed by atoms with van der Waals surface area (Å²) in [5, 5.41) is 0.193. The summed E-state index contributed by atoms with van der Waals surface area (Å²) in [6, 6.07) is 11.8. The Hall–Kier alpha value is -3.22. The molecule has 1 amide bonds. The fourth-order valence-electron chi connectivity index (χ4n) is 3.98. The van der Waals surface area contributed by atoms with Crippen molar-refractivity contribution >= 4 is 16.9 Å². The predicted molar refractivity (Wildman–Crippen MR) is 125 cm³/mol. The molecule has 0 saturated heterocycles. The lowest BCUT2D eigenvalue weighted by Crippen LogP contribution is -2.36. The molecular weight excluding hydrogens is 404 g/mol. The van der Waals surface area contributed by atoms with E-state index in [0.29, 0.717) is 24.3 Å². The van der Waals surface area contributed by atoms with Crippen LogP contribution in [0.2, 0.25) is 0 Å². The third-order valence-corrected chi connectivity index (χ3v) is 5.78. The van der Waals surface area contributed by atoms with Gasteiger partial charge in [0.2, 0.25) is 0 Å². The Balaban J connectivity index is 1.91. The van der Waals surface area contributed by atoms with Crippen molar-refractivity contribution in [2.75, 3.05) is 0 Å². The lowest BCUT2D eigenvalue weighted by molar-refractivity contribution is 0.0731. The highest BCUT2D eigenvalue weighted by molar-refractivity contribution is 6.05. The van der Waals surface area contributed by atoms with Crippen molar-refractivity contribution in [2.24, 2.45) is 5.92 Å². The molecule has 4 rings (SSSR count). The number of benzene rings is 1. The van der Waals surface area contributed by atoms with Crippen LogP contribution in [0.4, 0.5) is 0 Å². The summed E-state index contributed by atoms with van der Waals surface area (Å²) < 4.78 is 1.49. The molecule has 2 aromatic heterocycles. The molecule has 0 aliphatic heterocycles. The number of carbonyl (C=O) groups is 1. The molecule has 1 aliphatic carbocycles. The van der Waals surface area contributed by atoms with Crippen molar-refractivity contribution in [1.29, 1.82) is 0 Å². The fourth-order valence-corrected chi connectivity index (χ4v) is 3.98. The van der Waals surface area contributed by atoms with Crippen molar-refractivity contribution in [3.05, 3.63) is 74.1 Å². The first-order chi connectivity index (χ1) is 15.3. The van der Waals surface area contributed by atoms with E-state index in [1.165, 1.54) is 4.57 Å². The van der Waals surface area contributed by atoms with E-state index >= 15 is 0 Å². The van der Waals surface area contributed by atoms with Gasteiger partial charge in [-0.05, 0) is 36.3 Å². The van der Waals surface area contributed by atoms with Crippen LogP contribution in [-0.2, 0) is 13.1 Å². The summed E-state index contributed by atoms with van der Waals surface area (Å²) in [6.07, 6.45) is 1.90. The van der Waals surface area contributed by atoms with Crippen LogP contribution >= 0.6 is 0 Å². The fraction of sp³-hybridized carbons (Fsp3) is 0.440. The second kappa shape index (κ2) is 8.73. The number of fused-ring (bicyclic) bond motifs is 1. The molecule has 0 bridgehead atoms. The Morgan fingerprint density at radius 3 is 2.44 bits per heavy atom. The molecule has 1 aromatic carbocycles. The summed E-state index contributed by atoms with van der Waals surface area (Å²) in [5.41, 5.74) is 1.29. The van der Waals surface area contributed by atoms with Gasteiger partial charge < -0.3 is 4.90 Å². The summed E-state index contributed by atoms with van der Waals surface area (Å²) in [4.78, 5) is 48.3. The minimum absolute atomic E-state index is 0.0383. The van der Waals surface area contributed by atoms with Crippen LogP contribution in [0.3, 0.4) is 0 Å². The molecular formula is C25H30N4O3. The van der Waals surface area contributed by atoms with Crippen LogP contribution in [0.25, 0.3) is 11.0 Å². The van der Waals surface area contributed by atoms with Crippen LogP contribution in [-0.4, -0.2) is 31.4 Å². The zero-order valence-electron chi connectivity index (χ0n) is 19.1. The van der Waals surface area contributed by atoms with E-state index in [1.54, 1.807) is 6.07 Å². The van der Waals surface area contributed by atoms with E-state index in [-0.39, 0.29) is 34.8 Å². The Labute approximate surface area is 187 Å². The van der Waals surface area contributed by atoms with Gasteiger partial charge in [-0.2, -0.15) is 0 Å². The number of nitrogens with one attached hydrogen (secondary N) is 1. The lowest BCUT2D eigenvalue weighted by atomic mass is 10.0. The zero-order valence-corrected chi connectivity index (χ0v) is 19.1. The van der Waals surface area contributed by atoms with Crippen molar-refractivity contribution in [3.63, 3.8) is 0 Å². The van der Waals surface area contributed by atoms with Crippen LogP contribution in [0.15, 0.2) is 46.0 Å². The van der Waals surface area contributed by atoms with Gasteiger partial charge in [0.1, 0.15) is 0 Å². The molecule has 0 atom stereocenters. The molecule has 168 valence electrons. The molecule has 0 spiro atoms. The van der Waals surface area contributed by atoms with Crippen LogP contribution in [0, 0.1) is 5.92 Å². The minimum atomic E-state index is -0.563. The van der Waals surface area contributed by atoms with E-state index in [4.69, 9.17) is 0 Å². The highest BCUT2D eigenvalue weighted by atomic mass is 16.2. The Bertz CT molecular complexity index is 1250. The van der Waals surface area contributed by atoms with Gasteiger partial charge in [-0.3, -0.25) is 19.1 Å². The first-order valence-electron chi connectivity index (χ1n) is 11.3. The number of H-pyrrole nitrogens is 1. The molecule has 2 heterocycles. The van der Waals surface area contributed by atoms with Crippen molar-refractivity contribution in [3.8, 4) is 0 Å². The molecule has 7 nitrogen and oxygen atoms in total. The average molecular weight is 435 g/mol. The van der Waals surface area contributed by atoms with Gasteiger partial charge in [0, 0.05) is 24.8 Å². The molecule has 1 saturated carbocycles. The van der Waals surface area contributed by atoms with Crippen LogP contribution in [0.1, 0.15) is 68.1 Å². The van der Waals surface area contributed by atoms with Gasteiger partial charge in [-0.1, -0.05) is 58.0 Å². The number of carbonyl (C=O) groups excluding carboxylic acids is 1. The Morgan fingerprint density at radius 2 is 1.84 bits per heavy atom. The van der Waals surface area contributed by atoms with Gasteiger partial charge >= 0.3 is 5.69 Å². The average Bonchev–Trinajstić information content (AvgIpc) is 3.59. The topological polar surface area (TPSA) is 88.1 Å². The summed E-state index contributed by atoms with van der Waals surface area (Å²) in [6.45, 7) is 8.86. The predicted octanol–water partition coefficient (Wildman–Crippen LogP) is 3.67. The first kappa shape index (κ1) is 22.0. The van der Waals surface area contributed by atoms with Gasteiger partial charge in [0.05, 0.1) is 10.9 Å². The molecule has 0 radical (unpaired) electrons. The quantitative estimate of drug-likeness (QED) is 0.615. The number of hydrogen-bond acceptors (Lipinski definition) is 4. The van der Waals surface area contributed by atoms with E-state index < -0.39 is 11.2 Å². The molecule has 32 heavy (non-hydrogen) atoms. The Morgan fingerprint density at radius 1 is 1.16 bits per heavy atom. The molecule has 1 fully saturated rings. The van der Waals surface area contributed by atoms with Gasteiger partial charge in [0.15, 0.2) is 5.65 Å². The van der Waals surface area contributed by atoms with Gasteiger partial charge in [-0.15, -0.1) is 0 Å². The molecule has 0 unspecified atom stereocenters. The smallest absolute Gasteiger partial charge is 0.330 e. The number of amides is 1. The normalized spacial score (nSPS) is 13.8. The summed E-state index contributed by atoms with van der Waals surface area (Å²) in [7, 11) is 0. The molecule has 1 N–H and O–H groups in total. The molecule has 1 aliphatic rings. The maximum absolute atomic E-state index is 13.8. The van der Waals surface area contributed by atoms with E-state index in [0.717, 1.165) is 18.4 Å². The van der Waals surface area contributed by atoms with E-state index in [2.05, 4.69) is 9.97 Å². The van der Waals surface area contributed by atoms with Crippen molar-refractivity contribution in [1.82, 2.24) is 19.4 Å². The SMILES string of the molecule is CC(C)Cn1c(=O)[nH]c(=O)c2c(C(=O)N(Cc3ccccc3)C3CC3)cc(C(C)C)nc21. The largest absolute Gasteiger partial charge is 0.331 e. The summed E-state index contributed by atoms with van der Waals surface area (Å²) in [5.74, 6) is 0.0220. The number of pyridine rings is 1. The van der Waals surface area contributed by atoms with Crippen molar-refractivity contribution in [2.45, 2.75) is 65.6 Å². The third-order valence-electron chi connectivity index (χ3n) is 5.78. The maximum Gasteiger partial charge on any atom is 0.330 e. The van der Waals surface area contributed by atoms with E-state index in [1.807, 2.05) is 62.9 Å². The van der Waals surface area contributed by atoms with E-state index in [9.17, 15) is 14.4 Å². The second-order valence-electron chi connectivity index (χ2n) is 9.36.